The van der Waals surface area contributed by atoms with Crippen molar-refractivity contribution < 1.29 is 19.0 Å². The summed E-state index contributed by atoms with van der Waals surface area (Å²) >= 11 is 0. The second-order valence-electron chi connectivity index (χ2n) is 8.70. The fourth-order valence-corrected chi connectivity index (χ4v) is 4.73. The van der Waals surface area contributed by atoms with Crippen molar-refractivity contribution in [1.29, 1.82) is 0 Å². The van der Waals surface area contributed by atoms with E-state index in [1.165, 1.54) is 5.56 Å². The van der Waals surface area contributed by atoms with Gasteiger partial charge in [0.1, 0.15) is 5.75 Å². The summed E-state index contributed by atoms with van der Waals surface area (Å²) in [6.07, 6.45) is 4.16. The molecule has 0 saturated carbocycles. The molecule has 0 radical (unpaired) electrons. The number of carbonyl (C=O) groups is 1. The van der Waals surface area contributed by atoms with Gasteiger partial charge in [0.05, 0.1) is 38.1 Å². The maximum absolute atomic E-state index is 13.0. The summed E-state index contributed by atoms with van der Waals surface area (Å²) in [5.74, 6) is 1.62. The Bertz CT molecular complexity index is 1430. The Hall–Kier alpha value is -4.26. The summed E-state index contributed by atoms with van der Waals surface area (Å²) in [5.41, 5.74) is 6.29. The molecule has 0 aliphatic heterocycles. The zero-order valence-electron chi connectivity index (χ0n) is 20.7. The van der Waals surface area contributed by atoms with Gasteiger partial charge in [-0.3, -0.25) is 9.78 Å². The van der Waals surface area contributed by atoms with Gasteiger partial charge in [-0.15, -0.1) is 0 Å². The third-order valence-electron chi connectivity index (χ3n) is 6.52. The molecule has 0 spiro atoms. The topological polar surface area (TPSA) is 81.7 Å². The monoisotopic (exact) mass is 483 g/mol. The van der Waals surface area contributed by atoms with Gasteiger partial charge in [-0.2, -0.15) is 0 Å². The van der Waals surface area contributed by atoms with Crippen LogP contribution < -0.4 is 24.8 Å². The number of para-hydroxylation sites is 1. The fraction of sp³-hybridized carbons (Fsp3) is 0.241. The first-order valence-corrected chi connectivity index (χ1v) is 12.0. The predicted octanol–water partition coefficient (Wildman–Crippen LogP) is 6.14. The molecular formula is C29H29N3O4. The Kier molecular flexibility index (Phi) is 6.62. The number of nitrogens with one attached hydrogen (secondary N) is 2. The number of aryl methyl sites for hydroxylation is 1. The Balaban J connectivity index is 1.56. The molecule has 0 atom stereocenters. The summed E-state index contributed by atoms with van der Waals surface area (Å²) in [6, 6.07) is 18.8. The van der Waals surface area contributed by atoms with Gasteiger partial charge in [-0.25, -0.2) is 0 Å². The molecule has 1 aliphatic rings. The summed E-state index contributed by atoms with van der Waals surface area (Å²) < 4.78 is 16.3. The minimum atomic E-state index is -0.230. The third-order valence-corrected chi connectivity index (χ3v) is 6.52. The van der Waals surface area contributed by atoms with E-state index >= 15 is 0 Å². The molecule has 0 saturated heterocycles. The van der Waals surface area contributed by atoms with Crippen LogP contribution in [0.5, 0.6) is 17.2 Å². The van der Waals surface area contributed by atoms with Crippen molar-refractivity contribution in [3.8, 4) is 17.2 Å². The molecule has 0 fully saturated rings. The summed E-state index contributed by atoms with van der Waals surface area (Å²) in [7, 11) is 4.81. The van der Waals surface area contributed by atoms with Gasteiger partial charge in [0, 0.05) is 28.5 Å². The van der Waals surface area contributed by atoms with E-state index in [0.29, 0.717) is 28.5 Å². The zero-order valence-corrected chi connectivity index (χ0v) is 20.7. The van der Waals surface area contributed by atoms with E-state index < -0.39 is 0 Å². The summed E-state index contributed by atoms with van der Waals surface area (Å²) in [4.78, 5) is 18.0. The maximum Gasteiger partial charge on any atom is 0.259 e. The second kappa shape index (κ2) is 10.2. The molecule has 5 rings (SSSR count). The van der Waals surface area contributed by atoms with Crippen LogP contribution in [0.3, 0.4) is 0 Å². The van der Waals surface area contributed by atoms with Gasteiger partial charge < -0.3 is 24.8 Å². The molecule has 0 bridgehead atoms. The molecule has 3 aromatic carbocycles. The van der Waals surface area contributed by atoms with E-state index in [2.05, 4.69) is 10.6 Å². The van der Waals surface area contributed by atoms with Crippen LogP contribution in [-0.2, 0) is 12.8 Å². The highest BCUT2D eigenvalue weighted by Gasteiger charge is 2.20. The predicted molar refractivity (Wildman–Crippen MR) is 142 cm³/mol. The largest absolute Gasteiger partial charge is 0.496 e. The van der Waals surface area contributed by atoms with Crippen LogP contribution >= 0.6 is 0 Å². The standard InChI is InChI=1S/C29H29N3O4/c1-34-25-11-7-5-9-21(25)29(33)31-18-12-14-24-22(16-18)28(20-8-4-6-10-23(20)32-24)30-19-13-15-26(35-2)27(17-19)36-3/h5,7,9,11-17H,4,6,8,10H2,1-3H3,(H,30,32)(H,31,33). The number of anilines is 3. The number of pyridine rings is 1. The van der Waals surface area contributed by atoms with Gasteiger partial charge in [-0.05, 0) is 73.7 Å². The first-order valence-electron chi connectivity index (χ1n) is 12.0. The van der Waals surface area contributed by atoms with Crippen molar-refractivity contribution in [2.75, 3.05) is 32.0 Å². The van der Waals surface area contributed by atoms with Crippen molar-refractivity contribution in [2.45, 2.75) is 25.7 Å². The number of methoxy groups -OCH3 is 3. The quantitative estimate of drug-likeness (QED) is 0.329. The number of nitrogens with zero attached hydrogens (tertiary/aromatic N) is 1. The highest BCUT2D eigenvalue weighted by molar-refractivity contribution is 6.07. The molecule has 1 heterocycles. The smallest absolute Gasteiger partial charge is 0.259 e. The number of amides is 1. The zero-order chi connectivity index (χ0) is 25.1. The molecule has 7 nitrogen and oxygen atoms in total. The molecule has 36 heavy (non-hydrogen) atoms. The highest BCUT2D eigenvalue weighted by atomic mass is 16.5. The van der Waals surface area contributed by atoms with Crippen LogP contribution in [0.4, 0.5) is 17.1 Å². The Labute approximate surface area is 210 Å². The number of hydrogen-bond donors (Lipinski definition) is 2. The van der Waals surface area contributed by atoms with Crippen molar-refractivity contribution >= 4 is 33.9 Å². The minimum Gasteiger partial charge on any atom is -0.496 e. The number of ether oxygens (including phenoxy) is 3. The molecule has 2 N–H and O–H groups in total. The van der Waals surface area contributed by atoms with E-state index in [-0.39, 0.29) is 5.91 Å². The lowest BCUT2D eigenvalue weighted by Gasteiger charge is -2.22. The van der Waals surface area contributed by atoms with E-state index in [4.69, 9.17) is 19.2 Å². The van der Waals surface area contributed by atoms with Crippen molar-refractivity contribution in [3.63, 3.8) is 0 Å². The van der Waals surface area contributed by atoms with Crippen molar-refractivity contribution in [1.82, 2.24) is 4.98 Å². The van der Waals surface area contributed by atoms with Gasteiger partial charge in [0.25, 0.3) is 5.91 Å². The normalized spacial score (nSPS) is 12.5. The van der Waals surface area contributed by atoms with Crippen LogP contribution in [0.1, 0.15) is 34.5 Å². The molecule has 4 aromatic rings. The fourth-order valence-electron chi connectivity index (χ4n) is 4.73. The molecule has 0 unspecified atom stereocenters. The van der Waals surface area contributed by atoms with Crippen molar-refractivity contribution in [3.05, 3.63) is 77.5 Å². The molecule has 1 aliphatic carbocycles. The van der Waals surface area contributed by atoms with Crippen LogP contribution in [0.25, 0.3) is 10.9 Å². The van der Waals surface area contributed by atoms with E-state index in [0.717, 1.165) is 53.7 Å². The van der Waals surface area contributed by atoms with Crippen LogP contribution in [-0.4, -0.2) is 32.2 Å². The second-order valence-corrected chi connectivity index (χ2v) is 8.70. The summed E-state index contributed by atoms with van der Waals surface area (Å²) in [6.45, 7) is 0. The average Bonchev–Trinajstić information content (AvgIpc) is 2.92. The average molecular weight is 484 g/mol. The van der Waals surface area contributed by atoms with E-state index in [9.17, 15) is 4.79 Å². The number of aromatic nitrogens is 1. The lowest BCUT2D eigenvalue weighted by molar-refractivity contribution is 0.102. The van der Waals surface area contributed by atoms with Crippen LogP contribution in [0, 0.1) is 0 Å². The number of hydrogen-bond acceptors (Lipinski definition) is 6. The Morgan fingerprint density at radius 2 is 1.56 bits per heavy atom. The number of carbonyl (C=O) groups excluding carboxylic acids is 1. The van der Waals surface area contributed by atoms with Gasteiger partial charge >= 0.3 is 0 Å². The molecule has 7 heteroatoms. The first-order chi connectivity index (χ1) is 17.6. The van der Waals surface area contributed by atoms with Gasteiger partial charge in [-0.1, -0.05) is 12.1 Å². The van der Waals surface area contributed by atoms with E-state index in [1.54, 1.807) is 33.5 Å². The first kappa shape index (κ1) is 23.5. The van der Waals surface area contributed by atoms with Crippen LogP contribution in [0.2, 0.25) is 0 Å². The minimum absolute atomic E-state index is 0.230. The lowest BCUT2D eigenvalue weighted by atomic mass is 9.92. The van der Waals surface area contributed by atoms with Crippen molar-refractivity contribution in [2.24, 2.45) is 0 Å². The van der Waals surface area contributed by atoms with Crippen LogP contribution in [0.15, 0.2) is 60.7 Å². The molecule has 1 amide bonds. The molecular weight excluding hydrogens is 454 g/mol. The Morgan fingerprint density at radius 3 is 2.36 bits per heavy atom. The number of benzene rings is 3. The lowest BCUT2D eigenvalue weighted by Crippen LogP contribution is -2.13. The highest BCUT2D eigenvalue weighted by Crippen LogP contribution is 2.38. The molecule has 1 aromatic heterocycles. The SMILES string of the molecule is COc1ccc(Nc2c3c(nc4ccc(NC(=O)c5ccccc5OC)cc24)CCCC3)cc1OC. The van der Waals surface area contributed by atoms with E-state index in [1.807, 2.05) is 48.5 Å². The maximum atomic E-state index is 13.0. The van der Waals surface area contributed by atoms with Gasteiger partial charge in [0.15, 0.2) is 11.5 Å². The number of fused-ring (bicyclic) bond motifs is 2. The Morgan fingerprint density at radius 1 is 0.806 bits per heavy atom. The molecule has 184 valence electrons. The third kappa shape index (κ3) is 4.52. The number of rotatable bonds is 7. The summed E-state index contributed by atoms with van der Waals surface area (Å²) in [5, 5.41) is 7.59. The van der Waals surface area contributed by atoms with Gasteiger partial charge in [0.2, 0.25) is 0 Å².